The average Bonchev–Trinajstić information content (AvgIpc) is 3.00. The molecule has 1 aromatic heterocycles. The standard InChI is InChI=1S/C16H17N3O4/c1-23-11-5-3-10(4-6-11)12-9-13(19-18-12)14(20)17-16(15(21)22)7-2-8-16/h3-6,9H,2,7-8H2,1H3,(H,17,20)(H,18,19)(H,21,22). The van der Waals surface area contributed by atoms with E-state index in [-0.39, 0.29) is 5.69 Å². The number of carbonyl (C=O) groups is 2. The van der Waals surface area contributed by atoms with Gasteiger partial charge in [-0.25, -0.2) is 4.79 Å². The maximum Gasteiger partial charge on any atom is 0.329 e. The monoisotopic (exact) mass is 315 g/mol. The third-order valence-electron chi connectivity index (χ3n) is 4.18. The van der Waals surface area contributed by atoms with E-state index in [2.05, 4.69) is 15.5 Å². The third-order valence-corrected chi connectivity index (χ3v) is 4.18. The Hall–Kier alpha value is -2.83. The molecular weight excluding hydrogens is 298 g/mol. The van der Waals surface area contributed by atoms with Crippen molar-refractivity contribution >= 4 is 11.9 Å². The molecule has 1 aromatic carbocycles. The first-order valence-corrected chi connectivity index (χ1v) is 7.30. The predicted octanol–water partition coefficient (Wildman–Crippen LogP) is 1.82. The molecule has 0 radical (unpaired) electrons. The van der Waals surface area contributed by atoms with Crippen LogP contribution in [0, 0.1) is 0 Å². The maximum atomic E-state index is 12.2. The van der Waals surface area contributed by atoms with Crippen molar-refractivity contribution in [3.8, 4) is 17.0 Å². The Balaban J connectivity index is 1.75. The zero-order valence-electron chi connectivity index (χ0n) is 12.6. The summed E-state index contributed by atoms with van der Waals surface area (Å²) in [7, 11) is 1.59. The Bertz CT molecular complexity index is 732. The lowest BCUT2D eigenvalue weighted by molar-refractivity contribution is -0.148. The summed E-state index contributed by atoms with van der Waals surface area (Å²) in [6.45, 7) is 0. The second-order valence-electron chi connectivity index (χ2n) is 5.59. The molecule has 0 aliphatic heterocycles. The van der Waals surface area contributed by atoms with E-state index in [4.69, 9.17) is 4.74 Å². The van der Waals surface area contributed by atoms with Gasteiger partial charge in [-0.3, -0.25) is 9.89 Å². The zero-order chi connectivity index (χ0) is 16.4. The van der Waals surface area contributed by atoms with Gasteiger partial charge in [0, 0.05) is 5.56 Å². The minimum Gasteiger partial charge on any atom is -0.497 e. The molecule has 0 unspecified atom stereocenters. The number of amides is 1. The van der Waals surface area contributed by atoms with E-state index in [0.29, 0.717) is 18.5 Å². The molecule has 1 amide bonds. The fourth-order valence-electron chi connectivity index (χ4n) is 2.56. The predicted molar refractivity (Wildman–Crippen MR) is 82.3 cm³/mol. The molecule has 2 aromatic rings. The summed E-state index contributed by atoms with van der Waals surface area (Å²) in [6.07, 6.45) is 1.70. The molecule has 1 aliphatic carbocycles. The molecule has 1 fully saturated rings. The smallest absolute Gasteiger partial charge is 0.329 e. The summed E-state index contributed by atoms with van der Waals surface area (Å²) in [5.74, 6) is -0.720. The molecule has 3 rings (SSSR count). The van der Waals surface area contributed by atoms with Crippen LogP contribution in [0.2, 0.25) is 0 Å². The Morgan fingerprint density at radius 1 is 1.30 bits per heavy atom. The number of nitrogens with zero attached hydrogens (tertiary/aromatic N) is 1. The van der Waals surface area contributed by atoms with Crippen LogP contribution in [0.25, 0.3) is 11.3 Å². The largest absolute Gasteiger partial charge is 0.497 e. The summed E-state index contributed by atoms with van der Waals surface area (Å²) in [5.41, 5.74) is 0.541. The van der Waals surface area contributed by atoms with Crippen LogP contribution in [-0.4, -0.2) is 39.8 Å². The van der Waals surface area contributed by atoms with E-state index in [0.717, 1.165) is 17.7 Å². The number of H-pyrrole nitrogens is 1. The summed E-state index contributed by atoms with van der Waals surface area (Å²) in [5, 5.41) is 18.6. The van der Waals surface area contributed by atoms with Crippen LogP contribution >= 0.6 is 0 Å². The van der Waals surface area contributed by atoms with Gasteiger partial charge in [0.25, 0.3) is 5.91 Å². The van der Waals surface area contributed by atoms with Crippen molar-refractivity contribution in [3.63, 3.8) is 0 Å². The topological polar surface area (TPSA) is 104 Å². The minimum absolute atomic E-state index is 0.239. The van der Waals surface area contributed by atoms with Gasteiger partial charge in [-0.15, -0.1) is 0 Å². The first-order chi connectivity index (χ1) is 11.0. The fraction of sp³-hybridized carbons (Fsp3) is 0.312. The number of aliphatic carboxylic acids is 1. The van der Waals surface area contributed by atoms with Crippen LogP contribution in [0.4, 0.5) is 0 Å². The second-order valence-corrected chi connectivity index (χ2v) is 5.59. The first-order valence-electron chi connectivity index (χ1n) is 7.30. The van der Waals surface area contributed by atoms with E-state index in [1.807, 2.05) is 12.1 Å². The van der Waals surface area contributed by atoms with E-state index < -0.39 is 17.4 Å². The number of carboxylic acid groups (broad SMARTS) is 1. The quantitative estimate of drug-likeness (QED) is 0.780. The highest BCUT2D eigenvalue weighted by atomic mass is 16.5. The number of benzene rings is 1. The van der Waals surface area contributed by atoms with Crippen LogP contribution in [0.15, 0.2) is 30.3 Å². The zero-order valence-corrected chi connectivity index (χ0v) is 12.6. The van der Waals surface area contributed by atoms with Crippen molar-refractivity contribution < 1.29 is 19.4 Å². The van der Waals surface area contributed by atoms with Crippen molar-refractivity contribution in [2.45, 2.75) is 24.8 Å². The lowest BCUT2D eigenvalue weighted by Gasteiger charge is -2.37. The highest BCUT2D eigenvalue weighted by Crippen LogP contribution is 2.32. The molecule has 23 heavy (non-hydrogen) atoms. The molecule has 7 nitrogen and oxygen atoms in total. The highest BCUT2D eigenvalue weighted by molar-refractivity contribution is 5.97. The van der Waals surface area contributed by atoms with Gasteiger partial charge in [0.1, 0.15) is 17.0 Å². The first kappa shape index (κ1) is 15.1. The second kappa shape index (κ2) is 5.75. The number of methoxy groups -OCH3 is 1. The molecule has 0 bridgehead atoms. The number of nitrogens with one attached hydrogen (secondary N) is 2. The van der Waals surface area contributed by atoms with Gasteiger partial charge < -0.3 is 15.2 Å². The molecule has 1 aliphatic rings. The Morgan fingerprint density at radius 3 is 2.52 bits per heavy atom. The fourth-order valence-corrected chi connectivity index (χ4v) is 2.56. The van der Waals surface area contributed by atoms with Crippen molar-refractivity contribution in [1.82, 2.24) is 15.5 Å². The number of aromatic nitrogens is 2. The van der Waals surface area contributed by atoms with Crippen LogP contribution in [0.1, 0.15) is 29.8 Å². The summed E-state index contributed by atoms with van der Waals surface area (Å²) in [4.78, 5) is 23.5. The van der Waals surface area contributed by atoms with E-state index in [9.17, 15) is 14.7 Å². The summed E-state index contributed by atoms with van der Waals surface area (Å²) >= 11 is 0. The van der Waals surface area contributed by atoms with Gasteiger partial charge in [-0.2, -0.15) is 5.10 Å². The molecular formula is C16H17N3O4. The number of hydrogen-bond donors (Lipinski definition) is 3. The van der Waals surface area contributed by atoms with Gasteiger partial charge >= 0.3 is 5.97 Å². The van der Waals surface area contributed by atoms with Gasteiger partial charge in [-0.05, 0) is 49.6 Å². The number of aromatic amines is 1. The average molecular weight is 315 g/mol. The molecule has 120 valence electrons. The molecule has 3 N–H and O–H groups in total. The van der Waals surface area contributed by atoms with Crippen LogP contribution in [0.5, 0.6) is 5.75 Å². The number of rotatable bonds is 5. The lowest BCUT2D eigenvalue weighted by Crippen LogP contribution is -2.59. The van der Waals surface area contributed by atoms with E-state index in [1.165, 1.54) is 0 Å². The Labute approximate surface area is 132 Å². The van der Waals surface area contributed by atoms with Gasteiger partial charge in [0.15, 0.2) is 0 Å². The third kappa shape index (κ3) is 2.77. The molecule has 0 saturated heterocycles. The number of hydrogen-bond acceptors (Lipinski definition) is 4. The Kier molecular flexibility index (Phi) is 3.77. The van der Waals surface area contributed by atoms with Gasteiger partial charge in [-0.1, -0.05) is 0 Å². The summed E-state index contributed by atoms with van der Waals surface area (Å²) < 4.78 is 5.10. The number of carbonyl (C=O) groups excluding carboxylic acids is 1. The van der Waals surface area contributed by atoms with Gasteiger partial charge in [0.2, 0.25) is 0 Å². The maximum absolute atomic E-state index is 12.2. The van der Waals surface area contributed by atoms with Crippen LogP contribution in [-0.2, 0) is 4.79 Å². The summed E-state index contributed by atoms with van der Waals surface area (Å²) in [6, 6.07) is 8.88. The Morgan fingerprint density at radius 2 is 2.00 bits per heavy atom. The number of ether oxygens (including phenoxy) is 1. The van der Waals surface area contributed by atoms with Crippen LogP contribution < -0.4 is 10.1 Å². The van der Waals surface area contributed by atoms with E-state index in [1.54, 1.807) is 25.3 Å². The SMILES string of the molecule is COc1ccc(-c2cc(C(=O)NC3(C(=O)O)CCC3)[nH]n2)cc1. The normalized spacial score (nSPS) is 15.5. The lowest BCUT2D eigenvalue weighted by atomic mass is 9.76. The molecule has 1 saturated carbocycles. The van der Waals surface area contributed by atoms with Gasteiger partial charge in [0.05, 0.1) is 12.8 Å². The molecule has 0 spiro atoms. The number of carboxylic acids is 1. The minimum atomic E-state index is -1.14. The molecule has 1 heterocycles. The van der Waals surface area contributed by atoms with Crippen LogP contribution in [0.3, 0.4) is 0 Å². The van der Waals surface area contributed by atoms with Crippen molar-refractivity contribution in [1.29, 1.82) is 0 Å². The molecule has 0 atom stereocenters. The van der Waals surface area contributed by atoms with E-state index >= 15 is 0 Å². The van der Waals surface area contributed by atoms with Crippen molar-refractivity contribution in [2.75, 3.05) is 7.11 Å². The molecule has 7 heteroatoms. The van der Waals surface area contributed by atoms with Crippen molar-refractivity contribution in [2.24, 2.45) is 0 Å². The van der Waals surface area contributed by atoms with Crippen molar-refractivity contribution in [3.05, 3.63) is 36.0 Å². The highest BCUT2D eigenvalue weighted by Gasteiger charge is 2.45.